The summed E-state index contributed by atoms with van der Waals surface area (Å²) in [5.74, 6) is 0. The fourth-order valence-corrected chi connectivity index (χ4v) is 1.26. The summed E-state index contributed by atoms with van der Waals surface area (Å²) < 4.78 is 1.19. The molecule has 0 spiro atoms. The van der Waals surface area contributed by atoms with Crippen LogP contribution in [0.3, 0.4) is 0 Å². The zero-order chi connectivity index (χ0) is 5.28. The van der Waals surface area contributed by atoms with Gasteiger partial charge in [-0.2, -0.15) is 11.6 Å². The Morgan fingerprint density at radius 1 is 1.45 bits per heavy atom. The van der Waals surface area contributed by atoms with Gasteiger partial charge in [0.2, 0.25) is 0 Å². The van der Waals surface area contributed by atoms with Crippen LogP contribution in [0, 0.1) is 12.3 Å². The first-order valence-electron chi connectivity index (χ1n) is 1.92. The molecule has 0 aliphatic carbocycles. The van der Waals surface area contributed by atoms with E-state index in [1.165, 1.54) is 9.35 Å². The van der Waals surface area contributed by atoms with E-state index in [0.717, 1.165) is 0 Å². The van der Waals surface area contributed by atoms with Crippen molar-refractivity contribution < 1.29 is 43.7 Å². The van der Waals surface area contributed by atoms with Crippen molar-refractivity contribution in [1.82, 2.24) is 0 Å². The van der Waals surface area contributed by atoms with Crippen molar-refractivity contribution in [1.29, 1.82) is 0 Å². The normalized spacial score (nSPS) is 6.00. The average Bonchev–Trinajstić information content (AvgIpc) is 1.91. The van der Waals surface area contributed by atoms with Crippen LogP contribution in [0.1, 0.15) is 5.56 Å². The standard InChI is InChI=1S/C5H4BrS.2ClH.Li.Mg/c1-4-2-3-7-5(4)6;;;;/h2H,1H3;2*1H;;/q-1;;;+1;+2/p-2. The third-order valence-corrected chi connectivity index (χ3v) is 2.58. The molecule has 0 unspecified atom stereocenters. The second kappa shape index (κ2) is 12.1. The molecule has 0 N–H and O–H groups in total. The van der Waals surface area contributed by atoms with Gasteiger partial charge in [-0.25, -0.2) is 0 Å². The first-order chi connectivity index (χ1) is 3.30. The predicted octanol–water partition coefficient (Wildman–Crippen LogP) is -6.75. The summed E-state index contributed by atoms with van der Waals surface area (Å²) >= 11 is 4.95. The molecular weight excluding hydrogens is 274 g/mol. The Morgan fingerprint density at radius 3 is 2.00 bits per heavy atom. The maximum atomic E-state index is 3.35. The van der Waals surface area contributed by atoms with Crippen molar-refractivity contribution in [3.05, 3.63) is 20.8 Å². The van der Waals surface area contributed by atoms with Gasteiger partial charge in [-0.1, -0.05) is 10.7 Å². The second-order valence-corrected chi connectivity index (χ2v) is 3.49. The second-order valence-electron chi connectivity index (χ2n) is 1.32. The van der Waals surface area contributed by atoms with Crippen molar-refractivity contribution in [3.63, 3.8) is 0 Å². The summed E-state index contributed by atoms with van der Waals surface area (Å²) in [5.41, 5.74) is 1.27. The van der Waals surface area contributed by atoms with Gasteiger partial charge in [0.15, 0.2) is 0 Å². The summed E-state index contributed by atoms with van der Waals surface area (Å²) in [6.07, 6.45) is 0. The topological polar surface area (TPSA) is 0 Å². The third-order valence-electron chi connectivity index (χ3n) is 0.734. The van der Waals surface area contributed by atoms with E-state index in [1.807, 2.05) is 6.07 Å². The van der Waals surface area contributed by atoms with Gasteiger partial charge in [0.1, 0.15) is 0 Å². The molecule has 1 aromatic heterocycles. The third kappa shape index (κ3) is 8.45. The number of hydrogen-bond donors (Lipinski definition) is 0. The van der Waals surface area contributed by atoms with Gasteiger partial charge in [-0.15, -0.1) is 21.3 Å². The number of rotatable bonds is 0. The largest absolute Gasteiger partial charge is 2.00 e. The van der Waals surface area contributed by atoms with Crippen molar-refractivity contribution in [2.75, 3.05) is 0 Å². The van der Waals surface area contributed by atoms with Crippen LogP contribution in [0.5, 0.6) is 0 Å². The number of aryl methyl sites for hydroxylation is 1. The Hall–Kier alpha value is 2.12. The van der Waals surface area contributed by atoms with Crippen LogP contribution < -0.4 is 43.7 Å². The monoisotopic (exact) mass is 276 g/mol. The van der Waals surface area contributed by atoms with Crippen LogP contribution in [0.25, 0.3) is 0 Å². The Labute approximate surface area is 120 Å². The van der Waals surface area contributed by atoms with Gasteiger partial charge in [0, 0.05) is 0 Å². The fraction of sp³-hybridized carbons (Fsp3) is 0.200. The van der Waals surface area contributed by atoms with Crippen LogP contribution >= 0.6 is 27.3 Å². The van der Waals surface area contributed by atoms with E-state index in [9.17, 15) is 0 Å². The van der Waals surface area contributed by atoms with Gasteiger partial charge >= 0.3 is 41.9 Å². The van der Waals surface area contributed by atoms with E-state index in [4.69, 9.17) is 0 Å². The molecule has 0 aromatic carbocycles. The van der Waals surface area contributed by atoms with Gasteiger partial charge in [-0.3, -0.25) is 11.3 Å². The summed E-state index contributed by atoms with van der Waals surface area (Å²) in [7, 11) is 0. The van der Waals surface area contributed by atoms with Crippen LogP contribution in [-0.2, 0) is 0 Å². The molecule has 0 fully saturated rings. The summed E-state index contributed by atoms with van der Waals surface area (Å²) in [6, 6.07) is 1.97. The minimum Gasteiger partial charge on any atom is -1.00 e. The Morgan fingerprint density at radius 2 is 1.91 bits per heavy atom. The number of thiophene rings is 1. The molecule has 0 radical (unpaired) electrons. The molecule has 0 aliphatic heterocycles. The molecule has 0 atom stereocenters. The molecular formula is C5H4BrCl2LiMgS. The molecule has 0 aliphatic rings. The Kier molecular flexibility index (Phi) is 25.5. The molecule has 6 heteroatoms. The zero-order valence-corrected chi connectivity index (χ0v) is 11.7. The van der Waals surface area contributed by atoms with Crippen molar-refractivity contribution in [2.45, 2.75) is 6.92 Å². The molecule has 11 heavy (non-hydrogen) atoms. The number of hydrogen-bond acceptors (Lipinski definition) is 1. The maximum absolute atomic E-state index is 3.35. The summed E-state index contributed by atoms with van der Waals surface area (Å²) in [4.78, 5) is 0. The molecule has 54 valence electrons. The summed E-state index contributed by atoms with van der Waals surface area (Å²) in [5, 5.41) is 2.99. The van der Waals surface area contributed by atoms with Gasteiger partial charge in [0.25, 0.3) is 0 Å². The van der Waals surface area contributed by atoms with Crippen molar-refractivity contribution in [2.24, 2.45) is 0 Å². The molecule has 1 rings (SSSR count). The van der Waals surface area contributed by atoms with Gasteiger partial charge in [0.05, 0.1) is 0 Å². The molecule has 1 aromatic rings. The van der Waals surface area contributed by atoms with E-state index >= 15 is 0 Å². The SMILES string of the molecule is Cc1c[c-]sc1Br.[Cl-].[Cl-].[Li+].[Mg+2]. The Bertz CT molecular complexity index is 157. The van der Waals surface area contributed by atoms with E-state index in [-0.39, 0.29) is 66.7 Å². The summed E-state index contributed by atoms with van der Waals surface area (Å²) in [6.45, 7) is 2.05. The van der Waals surface area contributed by atoms with Crippen LogP contribution in [0.15, 0.2) is 9.85 Å². The predicted molar refractivity (Wildman–Crippen MR) is 41.3 cm³/mol. The first-order valence-corrected chi connectivity index (χ1v) is 3.53. The minimum absolute atomic E-state index is 0. The van der Waals surface area contributed by atoms with Gasteiger partial charge in [-0.05, 0) is 0 Å². The molecule has 0 nitrogen and oxygen atoms in total. The van der Waals surface area contributed by atoms with E-state index in [1.54, 1.807) is 11.3 Å². The smallest absolute Gasteiger partial charge is 1.00 e. The molecule has 0 amide bonds. The van der Waals surface area contributed by atoms with Crippen molar-refractivity contribution >= 4 is 50.3 Å². The van der Waals surface area contributed by atoms with E-state index in [2.05, 4.69) is 28.2 Å². The van der Waals surface area contributed by atoms with Crippen LogP contribution in [0.4, 0.5) is 0 Å². The fourth-order valence-electron chi connectivity index (χ4n) is 0.307. The van der Waals surface area contributed by atoms with E-state index in [0.29, 0.717) is 0 Å². The molecule has 0 bridgehead atoms. The first kappa shape index (κ1) is 23.2. The Balaban J connectivity index is -0.0000000612. The number of halogens is 3. The maximum Gasteiger partial charge on any atom is 2.00 e. The van der Waals surface area contributed by atoms with E-state index < -0.39 is 0 Å². The zero-order valence-electron chi connectivity index (χ0n) is 6.33. The molecule has 0 saturated heterocycles. The molecule has 1 heterocycles. The average molecular weight is 278 g/mol. The molecule has 0 saturated carbocycles. The minimum atomic E-state index is 0. The van der Waals surface area contributed by atoms with Gasteiger partial charge < -0.3 is 24.8 Å². The van der Waals surface area contributed by atoms with Crippen LogP contribution in [0.2, 0.25) is 0 Å². The van der Waals surface area contributed by atoms with Crippen molar-refractivity contribution in [3.8, 4) is 0 Å². The van der Waals surface area contributed by atoms with Crippen LogP contribution in [-0.4, -0.2) is 23.1 Å². The quantitative estimate of drug-likeness (QED) is 0.327.